The smallest absolute Gasteiger partial charge is 0.225 e. The Morgan fingerprint density at radius 3 is 2.59 bits per heavy atom. The SMILES string of the molecule is CN1CCC(C(=O)N2CCC[C@@H](c3nc(N)ncc3-c3ccc(Cl)cc3)C2)CC1. The Morgan fingerprint density at radius 2 is 1.86 bits per heavy atom. The normalized spacial score (nSPS) is 21.3. The lowest BCUT2D eigenvalue weighted by molar-refractivity contribution is -0.138. The van der Waals surface area contributed by atoms with Gasteiger partial charge in [0.2, 0.25) is 11.9 Å². The van der Waals surface area contributed by atoms with Gasteiger partial charge >= 0.3 is 0 Å². The molecular weight excluding hydrogens is 386 g/mol. The Kier molecular flexibility index (Phi) is 6.01. The van der Waals surface area contributed by atoms with Crippen LogP contribution in [0.15, 0.2) is 30.5 Å². The summed E-state index contributed by atoms with van der Waals surface area (Å²) in [4.78, 5) is 26.3. The van der Waals surface area contributed by atoms with Gasteiger partial charge in [-0.2, -0.15) is 0 Å². The molecule has 6 nitrogen and oxygen atoms in total. The van der Waals surface area contributed by atoms with Crippen molar-refractivity contribution >= 4 is 23.5 Å². The largest absolute Gasteiger partial charge is 0.368 e. The summed E-state index contributed by atoms with van der Waals surface area (Å²) in [5.74, 6) is 0.889. The fourth-order valence-corrected chi connectivity index (χ4v) is 4.61. The number of amides is 1. The number of benzene rings is 1. The van der Waals surface area contributed by atoms with Crippen molar-refractivity contribution < 1.29 is 4.79 Å². The maximum Gasteiger partial charge on any atom is 0.225 e. The van der Waals surface area contributed by atoms with E-state index in [1.54, 1.807) is 6.20 Å². The number of hydrogen-bond acceptors (Lipinski definition) is 5. The van der Waals surface area contributed by atoms with Crippen molar-refractivity contribution in [3.05, 3.63) is 41.2 Å². The molecule has 2 aliphatic rings. The number of likely N-dealkylation sites (tertiary alicyclic amines) is 2. The average molecular weight is 414 g/mol. The zero-order chi connectivity index (χ0) is 20.4. The topological polar surface area (TPSA) is 75.4 Å². The van der Waals surface area contributed by atoms with E-state index in [0.29, 0.717) is 17.5 Å². The molecule has 7 heteroatoms. The predicted octanol–water partition coefficient (Wildman–Crippen LogP) is 3.43. The summed E-state index contributed by atoms with van der Waals surface area (Å²) in [6.07, 6.45) is 5.67. The Balaban J connectivity index is 1.56. The molecule has 154 valence electrons. The lowest BCUT2D eigenvalue weighted by Crippen LogP contribution is -2.45. The minimum absolute atomic E-state index is 0.149. The molecule has 2 saturated heterocycles. The first kappa shape index (κ1) is 20.1. The highest BCUT2D eigenvalue weighted by atomic mass is 35.5. The molecule has 2 aliphatic heterocycles. The van der Waals surface area contributed by atoms with Gasteiger partial charge in [-0.3, -0.25) is 4.79 Å². The highest BCUT2D eigenvalue weighted by Gasteiger charge is 2.32. The van der Waals surface area contributed by atoms with E-state index in [1.807, 2.05) is 29.2 Å². The van der Waals surface area contributed by atoms with Crippen LogP contribution in [0.1, 0.15) is 37.3 Å². The van der Waals surface area contributed by atoms with Crippen molar-refractivity contribution in [3.8, 4) is 11.1 Å². The molecule has 3 heterocycles. The molecule has 29 heavy (non-hydrogen) atoms. The number of nitrogens with two attached hydrogens (primary N) is 1. The minimum Gasteiger partial charge on any atom is -0.368 e. The Morgan fingerprint density at radius 1 is 1.14 bits per heavy atom. The van der Waals surface area contributed by atoms with E-state index >= 15 is 0 Å². The van der Waals surface area contributed by atoms with Gasteiger partial charge in [-0.15, -0.1) is 0 Å². The zero-order valence-electron chi connectivity index (χ0n) is 16.9. The summed E-state index contributed by atoms with van der Waals surface area (Å²) in [6, 6.07) is 7.69. The van der Waals surface area contributed by atoms with Crippen LogP contribution in [-0.2, 0) is 4.79 Å². The number of carbonyl (C=O) groups excluding carboxylic acids is 1. The molecule has 2 N–H and O–H groups in total. The first-order valence-electron chi connectivity index (χ1n) is 10.4. The van der Waals surface area contributed by atoms with Crippen LogP contribution in [0.3, 0.4) is 0 Å². The maximum atomic E-state index is 13.1. The predicted molar refractivity (Wildman–Crippen MR) is 116 cm³/mol. The van der Waals surface area contributed by atoms with Crippen molar-refractivity contribution in [2.45, 2.75) is 31.6 Å². The van der Waals surface area contributed by atoms with Crippen molar-refractivity contribution in [2.75, 3.05) is 39.0 Å². The molecule has 1 atom stereocenters. The van der Waals surface area contributed by atoms with E-state index < -0.39 is 0 Å². The molecule has 1 aromatic heterocycles. The summed E-state index contributed by atoms with van der Waals surface area (Å²) < 4.78 is 0. The second kappa shape index (κ2) is 8.67. The van der Waals surface area contributed by atoms with Gasteiger partial charge in [0.1, 0.15) is 0 Å². The standard InChI is InChI=1S/C22H28ClN5O/c1-27-11-8-16(9-12-27)21(29)28-10-2-3-17(14-28)20-19(13-25-22(24)26-20)15-4-6-18(23)7-5-15/h4-7,13,16-17H,2-3,8-12,14H2,1H3,(H2,24,25,26)/t17-/m1/s1. The van der Waals surface area contributed by atoms with Crippen LogP contribution < -0.4 is 5.73 Å². The highest BCUT2D eigenvalue weighted by Crippen LogP contribution is 2.34. The van der Waals surface area contributed by atoms with Gasteiger partial charge in [0.25, 0.3) is 0 Å². The van der Waals surface area contributed by atoms with E-state index in [0.717, 1.165) is 62.1 Å². The minimum atomic E-state index is 0.149. The second-order valence-electron chi connectivity index (χ2n) is 8.23. The molecule has 0 aliphatic carbocycles. The number of carbonyl (C=O) groups is 1. The summed E-state index contributed by atoms with van der Waals surface area (Å²) in [5, 5.41) is 0.694. The molecule has 0 spiro atoms. The fourth-order valence-electron chi connectivity index (χ4n) is 4.49. The third-order valence-corrected chi connectivity index (χ3v) is 6.43. The number of piperidine rings is 2. The number of rotatable bonds is 3. The van der Waals surface area contributed by atoms with Crippen LogP contribution in [0.4, 0.5) is 5.95 Å². The van der Waals surface area contributed by atoms with E-state index in [9.17, 15) is 4.79 Å². The summed E-state index contributed by atoms with van der Waals surface area (Å²) >= 11 is 6.05. The van der Waals surface area contributed by atoms with Gasteiger partial charge in [-0.25, -0.2) is 9.97 Å². The van der Waals surface area contributed by atoms with Crippen molar-refractivity contribution in [3.63, 3.8) is 0 Å². The molecular formula is C22H28ClN5O. The third-order valence-electron chi connectivity index (χ3n) is 6.18. The number of nitrogens with zero attached hydrogens (tertiary/aromatic N) is 4. The van der Waals surface area contributed by atoms with Gasteiger partial charge in [-0.1, -0.05) is 23.7 Å². The summed E-state index contributed by atoms with van der Waals surface area (Å²) in [6.45, 7) is 3.52. The van der Waals surface area contributed by atoms with Crippen LogP contribution in [-0.4, -0.2) is 58.9 Å². The molecule has 0 radical (unpaired) electrons. The van der Waals surface area contributed by atoms with Crippen molar-refractivity contribution in [1.29, 1.82) is 0 Å². The molecule has 0 bridgehead atoms. The molecule has 1 amide bonds. The van der Waals surface area contributed by atoms with Crippen molar-refractivity contribution in [1.82, 2.24) is 19.8 Å². The molecule has 4 rings (SSSR count). The van der Waals surface area contributed by atoms with Gasteiger partial charge in [0.05, 0.1) is 5.69 Å². The lowest BCUT2D eigenvalue weighted by Gasteiger charge is -2.37. The monoisotopic (exact) mass is 413 g/mol. The van der Waals surface area contributed by atoms with Gasteiger partial charge in [-0.05, 0) is 63.5 Å². The Hall–Kier alpha value is -2.18. The van der Waals surface area contributed by atoms with Gasteiger partial charge < -0.3 is 15.5 Å². The van der Waals surface area contributed by atoms with E-state index in [2.05, 4.69) is 21.9 Å². The third kappa shape index (κ3) is 4.54. The average Bonchev–Trinajstić information content (AvgIpc) is 2.74. The molecule has 1 aromatic carbocycles. The summed E-state index contributed by atoms with van der Waals surface area (Å²) in [5.41, 5.74) is 8.85. The molecule has 2 aromatic rings. The summed E-state index contributed by atoms with van der Waals surface area (Å²) in [7, 11) is 2.12. The van der Waals surface area contributed by atoms with Crippen LogP contribution in [0, 0.1) is 5.92 Å². The van der Waals surface area contributed by atoms with Gasteiger partial charge in [0, 0.05) is 41.7 Å². The number of halogens is 1. The maximum absolute atomic E-state index is 13.1. The van der Waals surface area contributed by atoms with E-state index in [-0.39, 0.29) is 17.8 Å². The number of nitrogen functional groups attached to an aromatic ring is 1. The quantitative estimate of drug-likeness (QED) is 0.834. The van der Waals surface area contributed by atoms with E-state index in [4.69, 9.17) is 17.3 Å². The Bertz CT molecular complexity index is 864. The van der Waals surface area contributed by atoms with Gasteiger partial charge in [0.15, 0.2) is 0 Å². The Labute approximate surface area is 177 Å². The zero-order valence-corrected chi connectivity index (χ0v) is 17.6. The highest BCUT2D eigenvalue weighted by molar-refractivity contribution is 6.30. The van der Waals surface area contributed by atoms with E-state index in [1.165, 1.54) is 0 Å². The van der Waals surface area contributed by atoms with Crippen molar-refractivity contribution in [2.24, 2.45) is 5.92 Å². The van der Waals surface area contributed by atoms with Crippen LogP contribution in [0.5, 0.6) is 0 Å². The first-order chi connectivity index (χ1) is 14.0. The number of hydrogen-bond donors (Lipinski definition) is 1. The fraction of sp³-hybridized carbons (Fsp3) is 0.500. The van der Waals surface area contributed by atoms with Crippen LogP contribution >= 0.6 is 11.6 Å². The first-order valence-corrected chi connectivity index (χ1v) is 10.7. The second-order valence-corrected chi connectivity index (χ2v) is 8.67. The molecule has 0 unspecified atom stereocenters. The number of anilines is 1. The lowest BCUT2D eigenvalue weighted by atomic mass is 9.88. The van der Waals surface area contributed by atoms with Crippen LogP contribution in [0.2, 0.25) is 5.02 Å². The molecule has 2 fully saturated rings. The number of aromatic nitrogens is 2. The van der Waals surface area contributed by atoms with Crippen LogP contribution in [0.25, 0.3) is 11.1 Å². The molecule has 0 saturated carbocycles.